The minimum Gasteiger partial charge on any atom is -0.467 e. The molecule has 0 aromatic heterocycles. The Bertz CT molecular complexity index is 876. The highest BCUT2D eigenvalue weighted by atomic mass is 16.7. The van der Waals surface area contributed by atoms with Gasteiger partial charge in [-0.2, -0.15) is 0 Å². The van der Waals surface area contributed by atoms with Gasteiger partial charge in [0.15, 0.2) is 18.7 Å². The van der Waals surface area contributed by atoms with E-state index < -0.39 is 98.8 Å². The molecular formula is C31H56O16. The molecule has 0 spiro atoms. The lowest BCUT2D eigenvalue weighted by atomic mass is 9.97. The lowest BCUT2D eigenvalue weighted by Crippen LogP contribution is -2.65. The van der Waals surface area contributed by atoms with Crippen LogP contribution in [0.2, 0.25) is 0 Å². The van der Waals surface area contributed by atoms with Gasteiger partial charge in [0.25, 0.3) is 0 Å². The molecule has 0 aliphatic carbocycles. The number of ether oxygens (including phenoxy) is 6. The monoisotopic (exact) mass is 684 g/mol. The molecule has 16 heteroatoms. The molecule has 2 heterocycles. The smallest absolute Gasteiger partial charge is 0.334 e. The number of carbonyl (C=O) groups excluding carboxylic acids is 2. The van der Waals surface area contributed by atoms with Gasteiger partial charge in [0.2, 0.25) is 0 Å². The van der Waals surface area contributed by atoms with Crippen LogP contribution in [-0.2, 0) is 38.0 Å². The first-order valence-corrected chi connectivity index (χ1v) is 16.6. The molecular weight excluding hydrogens is 628 g/mol. The van der Waals surface area contributed by atoms with E-state index >= 15 is 0 Å². The quantitative estimate of drug-likeness (QED) is 0.0491. The SMILES string of the molecule is COC(=O)[C@@H](O)CCCCCCCCCCCC[C@H](O)CO[C@@H]1O[C@H](COC(C)=O)[C@@H](O[C@@H]2O[C@H](CO)[C@@H](O)[C@H](O)[C@H]2O)[C@H](O)[C@H]1O. The third-order valence-corrected chi connectivity index (χ3v) is 8.42. The van der Waals surface area contributed by atoms with E-state index in [1.807, 2.05) is 0 Å². The van der Waals surface area contributed by atoms with Crippen LogP contribution in [0.5, 0.6) is 0 Å². The number of unbranched alkanes of at least 4 members (excludes halogenated alkanes) is 9. The van der Waals surface area contributed by atoms with E-state index in [9.17, 15) is 50.4 Å². The minimum absolute atomic E-state index is 0.205. The van der Waals surface area contributed by atoms with Crippen molar-refractivity contribution >= 4 is 11.9 Å². The minimum atomic E-state index is -1.78. The number of aliphatic hydroxyl groups is 8. The van der Waals surface area contributed by atoms with Crippen molar-refractivity contribution < 1.29 is 78.9 Å². The predicted octanol–water partition coefficient (Wildman–Crippen LogP) is -1.23. The Morgan fingerprint density at radius 1 is 0.702 bits per heavy atom. The van der Waals surface area contributed by atoms with Gasteiger partial charge >= 0.3 is 11.9 Å². The molecule has 0 saturated carbocycles. The standard InChI is InChI=1S/C31H56O16/c1-18(33)43-17-22-28(47-31-26(39)24(37)23(36)21(15-32)45-31)25(38)27(40)30(46-22)44-16-19(34)13-11-9-7-5-3-4-6-8-10-12-14-20(35)29(41)42-2/h19-28,30-32,34-40H,3-17H2,1-2H3/t19-,20-,21+,22+,23+,24-,25+,26+,27+,28+,30+,31-/m0/s1. The van der Waals surface area contributed by atoms with Crippen LogP contribution < -0.4 is 0 Å². The number of esters is 2. The van der Waals surface area contributed by atoms with Gasteiger partial charge in [0, 0.05) is 6.92 Å². The molecule has 276 valence electrons. The van der Waals surface area contributed by atoms with Crippen molar-refractivity contribution in [3.05, 3.63) is 0 Å². The van der Waals surface area contributed by atoms with Gasteiger partial charge in [-0.1, -0.05) is 64.2 Å². The van der Waals surface area contributed by atoms with E-state index in [0.29, 0.717) is 12.8 Å². The van der Waals surface area contributed by atoms with Crippen molar-refractivity contribution in [2.75, 3.05) is 26.9 Å². The lowest BCUT2D eigenvalue weighted by Gasteiger charge is -2.46. The Balaban J connectivity index is 1.69. The van der Waals surface area contributed by atoms with E-state index in [4.69, 9.17) is 23.7 Å². The van der Waals surface area contributed by atoms with Crippen molar-refractivity contribution in [3.63, 3.8) is 0 Å². The Morgan fingerprint density at radius 2 is 1.23 bits per heavy atom. The van der Waals surface area contributed by atoms with Crippen molar-refractivity contribution in [2.24, 2.45) is 0 Å². The highest BCUT2D eigenvalue weighted by molar-refractivity contribution is 5.74. The zero-order valence-corrected chi connectivity index (χ0v) is 27.4. The second kappa shape index (κ2) is 22.2. The van der Waals surface area contributed by atoms with Crippen LogP contribution in [-0.4, -0.2) is 153 Å². The topological polar surface area (TPSA) is 251 Å². The fraction of sp³-hybridized carbons (Fsp3) is 0.935. The summed E-state index contributed by atoms with van der Waals surface area (Å²) in [5.41, 5.74) is 0. The number of hydrogen-bond donors (Lipinski definition) is 8. The first-order valence-electron chi connectivity index (χ1n) is 16.6. The summed E-state index contributed by atoms with van der Waals surface area (Å²) in [4.78, 5) is 22.6. The van der Waals surface area contributed by atoms with Crippen LogP contribution in [0.25, 0.3) is 0 Å². The second-order valence-electron chi connectivity index (χ2n) is 12.3. The largest absolute Gasteiger partial charge is 0.467 e. The summed E-state index contributed by atoms with van der Waals surface area (Å²) in [6.07, 6.45) is -6.77. The maximum Gasteiger partial charge on any atom is 0.334 e. The molecule has 0 aromatic carbocycles. The Labute approximate surface area is 275 Å². The third kappa shape index (κ3) is 14.1. The van der Waals surface area contributed by atoms with Crippen molar-refractivity contribution in [3.8, 4) is 0 Å². The fourth-order valence-corrected chi connectivity index (χ4v) is 5.55. The Morgan fingerprint density at radius 3 is 1.79 bits per heavy atom. The van der Waals surface area contributed by atoms with E-state index in [1.54, 1.807) is 0 Å². The van der Waals surface area contributed by atoms with Gasteiger partial charge in [0.05, 0.1) is 26.4 Å². The fourth-order valence-electron chi connectivity index (χ4n) is 5.55. The number of carbonyl (C=O) groups is 2. The average Bonchev–Trinajstić information content (AvgIpc) is 3.05. The third-order valence-electron chi connectivity index (χ3n) is 8.42. The summed E-state index contributed by atoms with van der Waals surface area (Å²) in [6.45, 7) is -0.199. The predicted molar refractivity (Wildman–Crippen MR) is 161 cm³/mol. The molecule has 16 nitrogen and oxygen atoms in total. The summed E-state index contributed by atoms with van der Waals surface area (Å²) in [5, 5.41) is 81.4. The Kier molecular flexibility index (Phi) is 19.7. The van der Waals surface area contributed by atoms with Gasteiger partial charge in [-0.15, -0.1) is 0 Å². The zero-order chi connectivity index (χ0) is 34.9. The molecule has 2 fully saturated rings. The molecule has 2 aliphatic rings. The first kappa shape index (κ1) is 41.6. The van der Waals surface area contributed by atoms with Crippen LogP contribution in [0.4, 0.5) is 0 Å². The molecule has 12 atom stereocenters. The van der Waals surface area contributed by atoms with Crippen LogP contribution in [0.1, 0.15) is 84.0 Å². The molecule has 2 aliphatic heterocycles. The van der Waals surface area contributed by atoms with Gasteiger partial charge in [-0.3, -0.25) is 4.79 Å². The number of methoxy groups -OCH3 is 1. The van der Waals surface area contributed by atoms with E-state index in [1.165, 1.54) is 7.11 Å². The summed E-state index contributed by atoms with van der Waals surface area (Å²) >= 11 is 0. The molecule has 2 rings (SSSR count). The summed E-state index contributed by atoms with van der Waals surface area (Å²) in [7, 11) is 1.26. The van der Waals surface area contributed by atoms with E-state index in [0.717, 1.165) is 71.1 Å². The van der Waals surface area contributed by atoms with Crippen LogP contribution in [0, 0.1) is 0 Å². The molecule has 47 heavy (non-hydrogen) atoms. The Hall–Kier alpha value is -1.54. The normalized spacial score (nSPS) is 32.5. The van der Waals surface area contributed by atoms with Crippen molar-refractivity contribution in [1.82, 2.24) is 0 Å². The molecule has 0 amide bonds. The highest BCUT2D eigenvalue weighted by Gasteiger charge is 2.51. The van der Waals surface area contributed by atoms with Gasteiger partial charge in [-0.25, -0.2) is 4.79 Å². The van der Waals surface area contributed by atoms with E-state index in [2.05, 4.69) is 4.74 Å². The lowest BCUT2D eigenvalue weighted by molar-refractivity contribution is -0.360. The van der Waals surface area contributed by atoms with Gasteiger partial charge in [-0.05, 0) is 12.8 Å². The number of aliphatic hydroxyl groups excluding tert-OH is 8. The molecule has 2 saturated heterocycles. The molecule has 0 radical (unpaired) electrons. The number of rotatable bonds is 22. The second-order valence-corrected chi connectivity index (χ2v) is 12.3. The first-order chi connectivity index (χ1) is 22.4. The molecule has 8 N–H and O–H groups in total. The van der Waals surface area contributed by atoms with Crippen LogP contribution >= 0.6 is 0 Å². The summed E-state index contributed by atoms with van der Waals surface area (Å²) < 4.78 is 31.8. The van der Waals surface area contributed by atoms with Crippen molar-refractivity contribution in [1.29, 1.82) is 0 Å². The maximum absolute atomic E-state index is 11.5. The van der Waals surface area contributed by atoms with E-state index in [-0.39, 0.29) is 6.61 Å². The van der Waals surface area contributed by atoms with Gasteiger partial charge < -0.3 is 69.3 Å². The molecule has 0 unspecified atom stereocenters. The molecule has 0 aromatic rings. The molecule has 0 bridgehead atoms. The van der Waals surface area contributed by atoms with Gasteiger partial charge in [0.1, 0.15) is 55.4 Å². The highest BCUT2D eigenvalue weighted by Crippen LogP contribution is 2.30. The summed E-state index contributed by atoms with van der Waals surface area (Å²) in [5.74, 6) is -1.26. The zero-order valence-electron chi connectivity index (χ0n) is 27.4. The maximum atomic E-state index is 11.5. The number of hydrogen-bond acceptors (Lipinski definition) is 16. The van der Waals surface area contributed by atoms with Crippen LogP contribution in [0.3, 0.4) is 0 Å². The van der Waals surface area contributed by atoms with Crippen molar-refractivity contribution in [2.45, 2.75) is 158 Å². The summed E-state index contributed by atoms with van der Waals surface area (Å²) in [6, 6.07) is 0. The average molecular weight is 685 g/mol. The van der Waals surface area contributed by atoms with Crippen LogP contribution in [0.15, 0.2) is 0 Å².